The van der Waals surface area contributed by atoms with E-state index in [1.54, 1.807) is 12.2 Å². The van der Waals surface area contributed by atoms with Crippen LogP contribution < -0.4 is 22.1 Å². The lowest BCUT2D eigenvalue weighted by molar-refractivity contribution is 0.470. The molecule has 1 rings (SSSR count). The van der Waals surface area contributed by atoms with Crippen LogP contribution in [0.3, 0.4) is 0 Å². The highest BCUT2D eigenvalue weighted by Gasteiger charge is 2.03. The number of para-hydroxylation sites is 1. The summed E-state index contributed by atoms with van der Waals surface area (Å²) in [6, 6.07) is 10.1. The predicted molar refractivity (Wildman–Crippen MR) is 86.7 cm³/mol. The molecule has 1 atom stereocenters. The highest BCUT2D eigenvalue weighted by atomic mass is 15.0. The third-order valence-corrected chi connectivity index (χ3v) is 2.74. The quantitative estimate of drug-likeness (QED) is 0.577. The first-order valence-electron chi connectivity index (χ1n) is 6.99. The molecule has 0 aliphatic rings. The highest BCUT2D eigenvalue weighted by Crippen LogP contribution is 2.07. The third-order valence-electron chi connectivity index (χ3n) is 2.74. The Bertz CT molecular complexity index is 449. The van der Waals surface area contributed by atoms with Crippen LogP contribution in [0.1, 0.15) is 27.2 Å². The summed E-state index contributed by atoms with van der Waals surface area (Å²) in [5.74, 6) is 1.82. The molecule has 0 saturated heterocycles. The van der Waals surface area contributed by atoms with E-state index in [0.29, 0.717) is 23.6 Å². The van der Waals surface area contributed by atoms with Crippen LogP contribution in [0.25, 0.3) is 0 Å². The van der Waals surface area contributed by atoms with E-state index in [2.05, 4.69) is 31.4 Å². The van der Waals surface area contributed by atoms with E-state index < -0.39 is 0 Å². The lowest BCUT2D eigenvalue weighted by atomic mass is 10.1. The molecular formula is C16H26N4. The van der Waals surface area contributed by atoms with E-state index in [9.17, 15) is 0 Å². The monoisotopic (exact) mass is 274 g/mol. The fraction of sp³-hybridized carbons (Fsp3) is 0.375. The maximum absolute atomic E-state index is 5.91. The van der Waals surface area contributed by atoms with Gasteiger partial charge in [0.2, 0.25) is 0 Å². The SMILES string of the molecule is CC(C)CC(C)N/C(N)=C/C=C(\N)Nc1ccccc1. The third kappa shape index (κ3) is 6.73. The van der Waals surface area contributed by atoms with Gasteiger partial charge in [0.15, 0.2) is 0 Å². The maximum atomic E-state index is 5.91. The number of nitrogens with one attached hydrogen (secondary N) is 2. The lowest BCUT2D eigenvalue weighted by Gasteiger charge is -2.16. The van der Waals surface area contributed by atoms with Crippen molar-refractivity contribution in [1.29, 1.82) is 0 Å². The normalized spacial score (nSPS) is 14.2. The van der Waals surface area contributed by atoms with Gasteiger partial charge in [0.25, 0.3) is 0 Å². The molecule has 6 N–H and O–H groups in total. The topological polar surface area (TPSA) is 76.1 Å². The van der Waals surface area contributed by atoms with Gasteiger partial charge in [-0.25, -0.2) is 0 Å². The van der Waals surface area contributed by atoms with Gasteiger partial charge < -0.3 is 22.1 Å². The first kappa shape index (κ1) is 16.0. The first-order chi connectivity index (χ1) is 9.47. The van der Waals surface area contributed by atoms with E-state index >= 15 is 0 Å². The molecule has 0 heterocycles. The molecule has 0 aromatic heterocycles. The molecule has 1 aromatic rings. The Hall–Kier alpha value is -2.10. The minimum Gasteiger partial charge on any atom is -0.386 e. The Labute approximate surface area is 121 Å². The Morgan fingerprint density at radius 2 is 1.65 bits per heavy atom. The zero-order chi connectivity index (χ0) is 15.0. The molecule has 1 aromatic carbocycles. The molecule has 0 spiro atoms. The number of rotatable bonds is 7. The van der Waals surface area contributed by atoms with Crippen LogP contribution >= 0.6 is 0 Å². The molecule has 0 bridgehead atoms. The van der Waals surface area contributed by atoms with Gasteiger partial charge in [-0.2, -0.15) is 0 Å². The molecule has 0 aliphatic carbocycles. The summed E-state index contributed by atoms with van der Waals surface area (Å²) in [5, 5.41) is 6.34. The van der Waals surface area contributed by atoms with Crippen LogP contribution in [0.15, 0.2) is 54.1 Å². The fourth-order valence-electron chi connectivity index (χ4n) is 2.01. The van der Waals surface area contributed by atoms with Crippen molar-refractivity contribution in [2.45, 2.75) is 33.2 Å². The van der Waals surface area contributed by atoms with Gasteiger partial charge in [-0.15, -0.1) is 0 Å². The number of benzene rings is 1. The van der Waals surface area contributed by atoms with Crippen molar-refractivity contribution >= 4 is 5.69 Å². The van der Waals surface area contributed by atoms with Crippen molar-refractivity contribution in [2.24, 2.45) is 17.4 Å². The molecule has 0 amide bonds. The van der Waals surface area contributed by atoms with Crippen LogP contribution in [0, 0.1) is 5.92 Å². The van der Waals surface area contributed by atoms with Gasteiger partial charge in [-0.3, -0.25) is 0 Å². The lowest BCUT2D eigenvalue weighted by Crippen LogP contribution is -2.30. The van der Waals surface area contributed by atoms with Crippen molar-refractivity contribution in [3.05, 3.63) is 54.1 Å². The largest absolute Gasteiger partial charge is 0.386 e. The second-order valence-electron chi connectivity index (χ2n) is 5.41. The number of hydrogen-bond donors (Lipinski definition) is 4. The zero-order valence-electron chi connectivity index (χ0n) is 12.6. The average molecular weight is 274 g/mol. The standard InChI is InChI=1S/C16H26N4/c1-12(2)11-13(3)19-15(17)9-10-16(18)20-14-7-5-4-6-8-14/h4-10,12-13,19-20H,11,17-18H2,1-3H3/b15-9+,16-10+. The Kier molecular flexibility index (Phi) is 6.50. The van der Waals surface area contributed by atoms with Gasteiger partial charge in [-0.1, -0.05) is 32.0 Å². The van der Waals surface area contributed by atoms with E-state index in [1.165, 1.54) is 0 Å². The summed E-state index contributed by atoms with van der Waals surface area (Å²) < 4.78 is 0. The number of hydrogen-bond acceptors (Lipinski definition) is 4. The molecular weight excluding hydrogens is 248 g/mol. The molecule has 0 saturated carbocycles. The van der Waals surface area contributed by atoms with Gasteiger partial charge >= 0.3 is 0 Å². The molecule has 20 heavy (non-hydrogen) atoms. The van der Waals surface area contributed by atoms with E-state index in [-0.39, 0.29) is 0 Å². The smallest absolute Gasteiger partial charge is 0.101 e. The molecule has 0 fully saturated rings. The highest BCUT2D eigenvalue weighted by molar-refractivity contribution is 5.47. The molecule has 110 valence electrons. The summed E-state index contributed by atoms with van der Waals surface area (Å²) in [5.41, 5.74) is 12.8. The predicted octanol–water partition coefficient (Wildman–Crippen LogP) is 2.72. The Balaban J connectivity index is 2.49. The summed E-state index contributed by atoms with van der Waals surface area (Å²) in [7, 11) is 0. The minimum atomic E-state index is 0.350. The van der Waals surface area contributed by atoms with E-state index in [1.807, 2.05) is 30.3 Å². The van der Waals surface area contributed by atoms with Crippen LogP contribution in [-0.2, 0) is 0 Å². The number of nitrogens with two attached hydrogens (primary N) is 2. The summed E-state index contributed by atoms with van der Waals surface area (Å²) in [4.78, 5) is 0. The van der Waals surface area contributed by atoms with Crippen molar-refractivity contribution in [1.82, 2.24) is 5.32 Å². The second kappa shape index (κ2) is 8.15. The molecule has 0 radical (unpaired) electrons. The summed E-state index contributed by atoms with van der Waals surface area (Å²) >= 11 is 0. The first-order valence-corrected chi connectivity index (χ1v) is 6.99. The van der Waals surface area contributed by atoms with E-state index in [4.69, 9.17) is 11.5 Å². The number of allylic oxidation sites excluding steroid dienone is 2. The molecule has 1 unspecified atom stereocenters. The minimum absolute atomic E-state index is 0.350. The molecule has 0 aliphatic heterocycles. The summed E-state index contributed by atoms with van der Waals surface area (Å²) in [6.07, 6.45) is 4.62. The van der Waals surface area contributed by atoms with Crippen molar-refractivity contribution in [2.75, 3.05) is 5.32 Å². The Morgan fingerprint density at radius 1 is 1.05 bits per heavy atom. The van der Waals surface area contributed by atoms with Crippen molar-refractivity contribution in [3.8, 4) is 0 Å². The van der Waals surface area contributed by atoms with Gasteiger partial charge in [0.1, 0.15) is 5.82 Å². The van der Waals surface area contributed by atoms with Gasteiger partial charge in [-0.05, 0) is 43.5 Å². The van der Waals surface area contributed by atoms with E-state index in [0.717, 1.165) is 12.1 Å². The number of anilines is 1. The molecule has 4 heteroatoms. The summed E-state index contributed by atoms with van der Waals surface area (Å²) in [6.45, 7) is 6.51. The van der Waals surface area contributed by atoms with Gasteiger partial charge in [0, 0.05) is 11.7 Å². The maximum Gasteiger partial charge on any atom is 0.101 e. The average Bonchev–Trinajstić information content (AvgIpc) is 2.36. The van der Waals surface area contributed by atoms with Crippen molar-refractivity contribution in [3.63, 3.8) is 0 Å². The molecule has 4 nitrogen and oxygen atoms in total. The fourth-order valence-corrected chi connectivity index (χ4v) is 2.01. The van der Waals surface area contributed by atoms with Crippen LogP contribution in [0.2, 0.25) is 0 Å². The zero-order valence-corrected chi connectivity index (χ0v) is 12.6. The van der Waals surface area contributed by atoms with Crippen LogP contribution in [-0.4, -0.2) is 6.04 Å². The van der Waals surface area contributed by atoms with Gasteiger partial charge in [0.05, 0.1) is 5.82 Å². The van der Waals surface area contributed by atoms with Crippen LogP contribution in [0.5, 0.6) is 0 Å². The van der Waals surface area contributed by atoms with Crippen molar-refractivity contribution < 1.29 is 0 Å². The Morgan fingerprint density at radius 3 is 2.25 bits per heavy atom. The second-order valence-corrected chi connectivity index (χ2v) is 5.41. The van der Waals surface area contributed by atoms with Crippen LogP contribution in [0.4, 0.5) is 5.69 Å².